The van der Waals surface area contributed by atoms with E-state index in [-0.39, 0.29) is 6.61 Å². The molecule has 0 spiro atoms. The van der Waals surface area contributed by atoms with Crippen LogP contribution in [0, 0.1) is 0 Å². The molecule has 0 saturated heterocycles. The van der Waals surface area contributed by atoms with E-state index in [1.54, 1.807) is 42.5 Å². The first-order chi connectivity index (χ1) is 9.20. The first kappa shape index (κ1) is 12.8. The van der Waals surface area contributed by atoms with Gasteiger partial charge >= 0.3 is 0 Å². The summed E-state index contributed by atoms with van der Waals surface area (Å²) in [6, 6.07) is 13.9. The molecule has 0 heterocycles. The maximum absolute atomic E-state index is 11.1. The van der Waals surface area contributed by atoms with Crippen molar-refractivity contribution in [3.63, 3.8) is 0 Å². The fourth-order valence-electron chi connectivity index (χ4n) is 1.68. The predicted molar refractivity (Wildman–Crippen MR) is 71.1 cm³/mol. The number of nitrogens with two attached hydrogens (primary N) is 1. The summed E-state index contributed by atoms with van der Waals surface area (Å²) in [7, 11) is 0. The minimum Gasteiger partial charge on any atom is -0.488 e. The average Bonchev–Trinajstić information content (AvgIpc) is 2.45. The molecule has 2 rings (SSSR count). The van der Waals surface area contributed by atoms with Crippen molar-refractivity contribution in [3.8, 4) is 5.75 Å². The maximum atomic E-state index is 11.1. The molecule has 0 fully saturated rings. The van der Waals surface area contributed by atoms with Crippen LogP contribution in [-0.2, 0) is 6.61 Å². The lowest BCUT2D eigenvalue weighted by Crippen LogP contribution is -2.11. The standard InChI is InChI=1S/C15H13NO3/c16-15(18)12-6-3-4-11(8-12)10-19-14-7-2-1-5-13(14)9-17/h1-9H,10H2,(H2,16,18). The van der Waals surface area contributed by atoms with E-state index >= 15 is 0 Å². The second kappa shape index (κ2) is 5.82. The summed E-state index contributed by atoms with van der Waals surface area (Å²) >= 11 is 0. The first-order valence-corrected chi connectivity index (χ1v) is 5.76. The van der Waals surface area contributed by atoms with Gasteiger partial charge in [0.2, 0.25) is 5.91 Å². The van der Waals surface area contributed by atoms with Crippen molar-refractivity contribution in [2.24, 2.45) is 5.73 Å². The minimum absolute atomic E-state index is 0.270. The highest BCUT2D eigenvalue weighted by Crippen LogP contribution is 2.17. The quantitative estimate of drug-likeness (QED) is 0.832. The highest BCUT2D eigenvalue weighted by Gasteiger charge is 2.04. The Bertz CT molecular complexity index is 608. The van der Waals surface area contributed by atoms with Gasteiger partial charge in [-0.05, 0) is 29.8 Å². The Morgan fingerprint density at radius 1 is 1.16 bits per heavy atom. The number of hydrogen-bond donors (Lipinski definition) is 1. The number of aldehydes is 1. The number of primary amides is 1. The van der Waals surface area contributed by atoms with Crippen LogP contribution in [0.4, 0.5) is 0 Å². The molecule has 0 unspecified atom stereocenters. The van der Waals surface area contributed by atoms with Crippen LogP contribution in [-0.4, -0.2) is 12.2 Å². The third kappa shape index (κ3) is 3.19. The second-order valence-electron chi connectivity index (χ2n) is 4.01. The lowest BCUT2D eigenvalue weighted by atomic mass is 10.1. The SMILES string of the molecule is NC(=O)c1cccc(COc2ccccc2C=O)c1. The molecule has 0 aliphatic rings. The van der Waals surface area contributed by atoms with Gasteiger partial charge in [0.15, 0.2) is 6.29 Å². The summed E-state index contributed by atoms with van der Waals surface area (Å²) in [6.45, 7) is 0.270. The molecule has 2 aromatic carbocycles. The Balaban J connectivity index is 2.12. The van der Waals surface area contributed by atoms with E-state index < -0.39 is 5.91 Å². The monoisotopic (exact) mass is 255 g/mol. The van der Waals surface area contributed by atoms with Crippen LogP contribution >= 0.6 is 0 Å². The van der Waals surface area contributed by atoms with Crippen LogP contribution in [0.25, 0.3) is 0 Å². The van der Waals surface area contributed by atoms with E-state index in [1.165, 1.54) is 0 Å². The Kier molecular flexibility index (Phi) is 3.93. The number of amides is 1. The van der Waals surface area contributed by atoms with Gasteiger partial charge in [-0.3, -0.25) is 9.59 Å². The summed E-state index contributed by atoms with van der Waals surface area (Å²) in [5.41, 5.74) is 6.96. The molecule has 0 aromatic heterocycles. The maximum Gasteiger partial charge on any atom is 0.248 e. The molecule has 1 amide bonds. The van der Waals surface area contributed by atoms with Gasteiger partial charge in [-0.1, -0.05) is 24.3 Å². The zero-order valence-electron chi connectivity index (χ0n) is 10.2. The van der Waals surface area contributed by atoms with Crippen LogP contribution in [0.5, 0.6) is 5.75 Å². The predicted octanol–water partition coefficient (Wildman–Crippen LogP) is 2.18. The van der Waals surface area contributed by atoms with Crippen molar-refractivity contribution >= 4 is 12.2 Å². The molecule has 19 heavy (non-hydrogen) atoms. The third-order valence-corrected chi connectivity index (χ3v) is 2.65. The van der Waals surface area contributed by atoms with E-state index in [4.69, 9.17) is 10.5 Å². The van der Waals surface area contributed by atoms with Crippen LogP contribution < -0.4 is 10.5 Å². The van der Waals surface area contributed by atoms with Gasteiger partial charge in [0.05, 0.1) is 5.56 Å². The zero-order valence-corrected chi connectivity index (χ0v) is 10.2. The minimum atomic E-state index is -0.477. The average molecular weight is 255 g/mol. The molecule has 0 bridgehead atoms. The number of hydrogen-bond acceptors (Lipinski definition) is 3. The van der Waals surface area contributed by atoms with Gasteiger partial charge in [0, 0.05) is 5.56 Å². The molecule has 0 atom stereocenters. The Labute approximate surface area is 110 Å². The fourth-order valence-corrected chi connectivity index (χ4v) is 1.68. The van der Waals surface area contributed by atoms with Gasteiger partial charge in [-0.25, -0.2) is 0 Å². The number of ether oxygens (including phenoxy) is 1. The number of benzene rings is 2. The van der Waals surface area contributed by atoms with Gasteiger partial charge in [-0.15, -0.1) is 0 Å². The highest BCUT2D eigenvalue weighted by molar-refractivity contribution is 5.92. The Morgan fingerprint density at radius 3 is 2.68 bits per heavy atom. The van der Waals surface area contributed by atoms with E-state index in [9.17, 15) is 9.59 Å². The summed E-state index contributed by atoms with van der Waals surface area (Å²) in [5.74, 6) is 0.0390. The molecule has 4 nitrogen and oxygen atoms in total. The molecular weight excluding hydrogens is 242 g/mol. The Hall–Kier alpha value is -2.62. The Morgan fingerprint density at radius 2 is 1.95 bits per heavy atom. The van der Waals surface area contributed by atoms with Crippen molar-refractivity contribution in [2.45, 2.75) is 6.61 Å². The van der Waals surface area contributed by atoms with E-state index in [0.717, 1.165) is 11.8 Å². The van der Waals surface area contributed by atoms with Crippen molar-refractivity contribution in [3.05, 3.63) is 65.2 Å². The molecular formula is C15H13NO3. The molecule has 0 radical (unpaired) electrons. The normalized spacial score (nSPS) is 9.89. The van der Waals surface area contributed by atoms with Crippen LogP contribution in [0.3, 0.4) is 0 Å². The van der Waals surface area contributed by atoms with Crippen LogP contribution in [0.1, 0.15) is 26.3 Å². The van der Waals surface area contributed by atoms with Crippen molar-refractivity contribution < 1.29 is 14.3 Å². The highest BCUT2D eigenvalue weighted by atomic mass is 16.5. The third-order valence-electron chi connectivity index (χ3n) is 2.65. The largest absolute Gasteiger partial charge is 0.488 e. The number of carbonyl (C=O) groups is 2. The molecule has 0 aliphatic carbocycles. The van der Waals surface area contributed by atoms with Crippen LogP contribution in [0.15, 0.2) is 48.5 Å². The summed E-state index contributed by atoms with van der Waals surface area (Å²) in [6.07, 6.45) is 0.745. The topological polar surface area (TPSA) is 69.4 Å². The van der Waals surface area contributed by atoms with E-state index in [2.05, 4.69) is 0 Å². The molecule has 2 N–H and O–H groups in total. The van der Waals surface area contributed by atoms with Gasteiger partial charge in [-0.2, -0.15) is 0 Å². The molecule has 0 aliphatic heterocycles. The zero-order chi connectivity index (χ0) is 13.7. The second-order valence-corrected chi connectivity index (χ2v) is 4.01. The van der Waals surface area contributed by atoms with Crippen molar-refractivity contribution in [1.29, 1.82) is 0 Å². The summed E-state index contributed by atoms with van der Waals surface area (Å²) in [4.78, 5) is 21.9. The number of carbonyl (C=O) groups excluding carboxylic acids is 2. The molecule has 0 saturated carbocycles. The lowest BCUT2D eigenvalue weighted by Gasteiger charge is -2.08. The van der Waals surface area contributed by atoms with Gasteiger partial charge in [0.1, 0.15) is 12.4 Å². The smallest absolute Gasteiger partial charge is 0.248 e. The van der Waals surface area contributed by atoms with Crippen molar-refractivity contribution in [2.75, 3.05) is 0 Å². The molecule has 96 valence electrons. The summed E-state index contributed by atoms with van der Waals surface area (Å²) < 4.78 is 5.57. The van der Waals surface area contributed by atoms with Gasteiger partial charge < -0.3 is 10.5 Å². The lowest BCUT2D eigenvalue weighted by molar-refractivity contribution is 0.0999. The first-order valence-electron chi connectivity index (χ1n) is 5.76. The fraction of sp³-hybridized carbons (Fsp3) is 0.0667. The van der Waals surface area contributed by atoms with Crippen LogP contribution in [0.2, 0.25) is 0 Å². The number of para-hydroxylation sites is 1. The van der Waals surface area contributed by atoms with E-state index in [0.29, 0.717) is 16.9 Å². The van der Waals surface area contributed by atoms with E-state index in [1.807, 2.05) is 6.07 Å². The van der Waals surface area contributed by atoms with Gasteiger partial charge in [0.25, 0.3) is 0 Å². The molecule has 4 heteroatoms. The molecule has 2 aromatic rings. The van der Waals surface area contributed by atoms with Crippen molar-refractivity contribution in [1.82, 2.24) is 0 Å². The summed E-state index contributed by atoms with van der Waals surface area (Å²) in [5, 5.41) is 0. The number of rotatable bonds is 5.